The molecule has 29 heavy (non-hydrogen) atoms. The smallest absolute Gasteiger partial charge is 0.242 e. The maximum atomic E-state index is 12.6. The van der Waals surface area contributed by atoms with Gasteiger partial charge in [0.05, 0.1) is 24.3 Å². The second kappa shape index (κ2) is 8.45. The third kappa shape index (κ3) is 4.46. The molecule has 2 unspecified atom stereocenters. The van der Waals surface area contributed by atoms with E-state index in [9.17, 15) is 9.59 Å². The Kier molecular flexibility index (Phi) is 5.57. The van der Waals surface area contributed by atoms with E-state index in [1.807, 2.05) is 30.3 Å². The van der Waals surface area contributed by atoms with Crippen molar-refractivity contribution in [2.24, 2.45) is 0 Å². The van der Waals surface area contributed by atoms with Crippen molar-refractivity contribution in [2.45, 2.75) is 37.9 Å². The number of amides is 2. The third-order valence-corrected chi connectivity index (χ3v) is 5.40. The Balaban J connectivity index is 1.26. The van der Waals surface area contributed by atoms with E-state index in [2.05, 4.69) is 38.1 Å². The number of nitrogens with one attached hydrogen (secondary N) is 4. The minimum Gasteiger partial charge on any atom is -0.356 e. The molecule has 7 nitrogen and oxygen atoms in total. The van der Waals surface area contributed by atoms with Crippen LogP contribution in [0.1, 0.15) is 30.5 Å². The molecule has 4 N–H and O–H groups in total. The summed E-state index contributed by atoms with van der Waals surface area (Å²) in [6.07, 6.45) is 4.21. The molecule has 2 aromatic heterocycles. The second-order valence-corrected chi connectivity index (χ2v) is 7.51. The van der Waals surface area contributed by atoms with Crippen molar-refractivity contribution in [3.63, 3.8) is 0 Å². The largest absolute Gasteiger partial charge is 0.356 e. The average Bonchev–Trinajstić information content (AvgIpc) is 3.39. The third-order valence-electron chi connectivity index (χ3n) is 5.40. The molecular weight excluding hydrogens is 366 g/mol. The molecule has 3 heterocycles. The first-order valence-corrected chi connectivity index (χ1v) is 9.88. The Labute approximate surface area is 169 Å². The van der Waals surface area contributed by atoms with Gasteiger partial charge in [0.15, 0.2) is 0 Å². The van der Waals surface area contributed by atoms with E-state index < -0.39 is 6.04 Å². The predicted molar refractivity (Wildman–Crippen MR) is 111 cm³/mol. The van der Waals surface area contributed by atoms with Crippen LogP contribution in [-0.2, 0) is 16.1 Å². The van der Waals surface area contributed by atoms with Gasteiger partial charge in [0.2, 0.25) is 11.8 Å². The van der Waals surface area contributed by atoms with Gasteiger partial charge in [0.25, 0.3) is 0 Å². The number of hydrogen-bond acceptors (Lipinski definition) is 4. The van der Waals surface area contributed by atoms with Gasteiger partial charge in [-0.25, -0.2) is 0 Å². The monoisotopic (exact) mass is 391 g/mol. The van der Waals surface area contributed by atoms with Crippen molar-refractivity contribution in [3.8, 4) is 0 Å². The number of H-pyrrole nitrogens is 1. The average molecular weight is 391 g/mol. The maximum absolute atomic E-state index is 12.6. The molecule has 1 aliphatic heterocycles. The first-order chi connectivity index (χ1) is 14.1. The van der Waals surface area contributed by atoms with Crippen LogP contribution in [0.15, 0.2) is 54.9 Å². The van der Waals surface area contributed by atoms with Gasteiger partial charge in [0.1, 0.15) is 6.04 Å². The fourth-order valence-corrected chi connectivity index (χ4v) is 3.76. The number of carbonyl (C=O) groups is 2. The molecule has 0 aliphatic carbocycles. The number of pyridine rings is 1. The molecule has 3 aromatic rings. The van der Waals surface area contributed by atoms with Gasteiger partial charge in [-0.15, -0.1) is 0 Å². The zero-order valence-corrected chi connectivity index (χ0v) is 16.3. The lowest BCUT2D eigenvalue weighted by Gasteiger charge is -2.17. The van der Waals surface area contributed by atoms with Crippen molar-refractivity contribution >= 4 is 22.7 Å². The molecule has 0 spiro atoms. The van der Waals surface area contributed by atoms with Crippen molar-refractivity contribution < 1.29 is 9.59 Å². The molecule has 3 atom stereocenters. The van der Waals surface area contributed by atoms with E-state index in [1.165, 1.54) is 5.56 Å². The van der Waals surface area contributed by atoms with Crippen LogP contribution in [0.4, 0.5) is 0 Å². The van der Waals surface area contributed by atoms with Crippen LogP contribution in [0.25, 0.3) is 10.9 Å². The summed E-state index contributed by atoms with van der Waals surface area (Å²) in [7, 11) is 0. The Morgan fingerprint density at radius 1 is 1.24 bits per heavy atom. The molecule has 4 rings (SSSR count). The fourth-order valence-electron chi connectivity index (χ4n) is 3.76. The molecule has 1 aromatic carbocycles. The van der Waals surface area contributed by atoms with Crippen LogP contribution >= 0.6 is 0 Å². The Bertz CT molecular complexity index is 968. The van der Waals surface area contributed by atoms with Crippen LogP contribution in [0, 0.1) is 0 Å². The van der Waals surface area contributed by atoms with E-state index >= 15 is 0 Å². The summed E-state index contributed by atoms with van der Waals surface area (Å²) in [6, 6.07) is 13.2. The van der Waals surface area contributed by atoms with Gasteiger partial charge >= 0.3 is 0 Å². The van der Waals surface area contributed by atoms with Crippen LogP contribution in [0.3, 0.4) is 0 Å². The number of rotatable bonds is 6. The highest BCUT2D eigenvalue weighted by molar-refractivity contribution is 5.89. The number of fused-ring (bicyclic) bond motifs is 1. The minimum absolute atomic E-state index is 0.136. The topological polar surface area (TPSA) is 98.9 Å². The summed E-state index contributed by atoms with van der Waals surface area (Å²) in [5, 5.41) is 10.0. The summed E-state index contributed by atoms with van der Waals surface area (Å²) in [6.45, 7) is 2.83. The van der Waals surface area contributed by atoms with Gasteiger partial charge in [-0.2, -0.15) is 0 Å². The number of hydrogen-bond donors (Lipinski definition) is 4. The van der Waals surface area contributed by atoms with Crippen LogP contribution in [0.2, 0.25) is 0 Å². The standard InChI is InChI=1S/C22H25N5O2/c1-14(21(28)25-12-18-9-16-7-8-23-13-20(16)27-18)26-22(29)19-10-17(11-24-19)15-5-3-2-4-6-15/h2-9,13-14,17,19,24,27H,10-12H2,1H3,(H,25,28)(H,26,29)/t14-,17?,19?/m0/s1. The number of aromatic nitrogens is 2. The van der Waals surface area contributed by atoms with Crippen molar-refractivity contribution in [1.82, 2.24) is 25.9 Å². The summed E-state index contributed by atoms with van der Waals surface area (Å²) in [4.78, 5) is 32.3. The Morgan fingerprint density at radius 2 is 2.07 bits per heavy atom. The summed E-state index contributed by atoms with van der Waals surface area (Å²) >= 11 is 0. The highest BCUT2D eigenvalue weighted by Crippen LogP contribution is 2.25. The number of carbonyl (C=O) groups excluding carboxylic acids is 2. The first kappa shape index (κ1) is 19.1. The lowest BCUT2D eigenvalue weighted by Crippen LogP contribution is -2.49. The molecule has 150 valence electrons. The highest BCUT2D eigenvalue weighted by Gasteiger charge is 2.31. The van der Waals surface area contributed by atoms with Crippen molar-refractivity contribution in [2.75, 3.05) is 6.54 Å². The predicted octanol–water partition coefficient (Wildman–Crippen LogP) is 1.83. The molecule has 7 heteroatoms. The van der Waals surface area contributed by atoms with Gasteiger partial charge < -0.3 is 20.9 Å². The lowest BCUT2D eigenvalue weighted by molar-refractivity contribution is -0.129. The number of nitrogens with zero attached hydrogens (tertiary/aromatic N) is 1. The SMILES string of the molecule is C[C@H](NC(=O)C1CC(c2ccccc2)CN1)C(=O)NCc1cc2ccncc2[nH]1. The molecule has 0 saturated carbocycles. The molecule has 1 fully saturated rings. The minimum atomic E-state index is -0.605. The quantitative estimate of drug-likeness (QED) is 0.515. The Morgan fingerprint density at radius 3 is 2.86 bits per heavy atom. The zero-order chi connectivity index (χ0) is 20.2. The van der Waals surface area contributed by atoms with Crippen LogP contribution < -0.4 is 16.0 Å². The lowest BCUT2D eigenvalue weighted by atomic mass is 9.96. The molecule has 0 bridgehead atoms. The summed E-state index contributed by atoms with van der Waals surface area (Å²) < 4.78 is 0. The normalized spacial score (nSPS) is 19.8. The van der Waals surface area contributed by atoms with Crippen molar-refractivity contribution in [3.05, 3.63) is 66.1 Å². The molecular formula is C22H25N5O2. The van der Waals surface area contributed by atoms with Gasteiger partial charge in [-0.05, 0) is 37.0 Å². The van der Waals surface area contributed by atoms with E-state index in [0.29, 0.717) is 12.5 Å². The first-order valence-electron chi connectivity index (χ1n) is 9.88. The molecule has 2 amide bonds. The second-order valence-electron chi connectivity index (χ2n) is 7.51. The summed E-state index contributed by atoms with van der Waals surface area (Å²) in [5.41, 5.74) is 3.05. The van der Waals surface area contributed by atoms with Crippen LogP contribution in [0.5, 0.6) is 0 Å². The fraction of sp³-hybridized carbons (Fsp3) is 0.318. The van der Waals surface area contributed by atoms with Crippen molar-refractivity contribution in [1.29, 1.82) is 0 Å². The zero-order valence-electron chi connectivity index (χ0n) is 16.3. The van der Waals surface area contributed by atoms with Gasteiger partial charge in [-0.1, -0.05) is 30.3 Å². The molecule has 1 aliphatic rings. The van der Waals surface area contributed by atoms with E-state index in [1.54, 1.807) is 19.3 Å². The number of benzene rings is 1. The molecule has 1 saturated heterocycles. The molecule has 0 radical (unpaired) electrons. The van der Waals surface area contributed by atoms with E-state index in [4.69, 9.17) is 0 Å². The van der Waals surface area contributed by atoms with Gasteiger partial charge in [-0.3, -0.25) is 14.6 Å². The highest BCUT2D eigenvalue weighted by atomic mass is 16.2. The Hall–Kier alpha value is -3.19. The van der Waals surface area contributed by atoms with Crippen LogP contribution in [-0.4, -0.2) is 40.4 Å². The van der Waals surface area contributed by atoms with Gasteiger partial charge in [0, 0.05) is 23.8 Å². The maximum Gasteiger partial charge on any atom is 0.242 e. The van der Waals surface area contributed by atoms with E-state index in [-0.39, 0.29) is 17.9 Å². The summed E-state index contributed by atoms with van der Waals surface area (Å²) in [5.74, 6) is -0.0388. The number of aromatic amines is 1. The van der Waals surface area contributed by atoms with E-state index in [0.717, 1.165) is 29.6 Å².